The summed E-state index contributed by atoms with van der Waals surface area (Å²) in [5.74, 6) is -2.80. The smallest absolute Gasteiger partial charge is 0.177 e. The van der Waals surface area contributed by atoms with Gasteiger partial charge in [0.05, 0.1) is 6.42 Å². The van der Waals surface area contributed by atoms with Crippen LogP contribution in [-0.4, -0.2) is 35.0 Å². The number of hydrogen-bond donors (Lipinski definition) is 2. The zero-order valence-electron chi connectivity index (χ0n) is 12.6. The Kier molecular flexibility index (Phi) is 6.62. The first-order chi connectivity index (χ1) is 9.47. The fourth-order valence-electron chi connectivity index (χ4n) is 2.30. The second-order valence-corrected chi connectivity index (χ2v) is 4.95. The molecular formula is C16H26O4. The van der Waals surface area contributed by atoms with E-state index >= 15 is 0 Å². The number of aliphatic hydroxyl groups is 2. The molecule has 114 valence electrons. The van der Waals surface area contributed by atoms with E-state index in [-0.39, 0.29) is 12.8 Å². The largest absolute Gasteiger partial charge is 0.365 e. The Balaban J connectivity index is 2.97. The summed E-state index contributed by atoms with van der Waals surface area (Å²) in [4.78, 5) is 0. The van der Waals surface area contributed by atoms with Crippen molar-refractivity contribution in [2.75, 3.05) is 13.2 Å². The van der Waals surface area contributed by atoms with Crippen LogP contribution in [0.2, 0.25) is 0 Å². The van der Waals surface area contributed by atoms with Crippen molar-refractivity contribution in [2.24, 2.45) is 0 Å². The number of ether oxygens (including phenoxy) is 2. The molecule has 1 aromatic rings. The van der Waals surface area contributed by atoms with Gasteiger partial charge in [-0.05, 0) is 25.8 Å². The molecule has 0 saturated carbocycles. The lowest BCUT2D eigenvalue weighted by Crippen LogP contribution is -2.47. The van der Waals surface area contributed by atoms with Gasteiger partial charge in [-0.3, -0.25) is 0 Å². The topological polar surface area (TPSA) is 58.9 Å². The van der Waals surface area contributed by atoms with Crippen molar-refractivity contribution >= 4 is 0 Å². The number of benzene rings is 1. The summed E-state index contributed by atoms with van der Waals surface area (Å²) in [6.07, 6.45) is 0.731. The van der Waals surface area contributed by atoms with Crippen molar-refractivity contribution in [2.45, 2.75) is 51.6 Å². The minimum Gasteiger partial charge on any atom is -0.365 e. The van der Waals surface area contributed by atoms with E-state index in [0.717, 1.165) is 5.56 Å². The predicted molar refractivity (Wildman–Crippen MR) is 78.2 cm³/mol. The van der Waals surface area contributed by atoms with Crippen molar-refractivity contribution in [3.05, 3.63) is 35.9 Å². The maximum Gasteiger partial charge on any atom is 0.177 e. The van der Waals surface area contributed by atoms with E-state index in [1.54, 1.807) is 6.92 Å². The van der Waals surface area contributed by atoms with Gasteiger partial charge in [0.2, 0.25) is 0 Å². The van der Waals surface area contributed by atoms with E-state index in [0.29, 0.717) is 19.6 Å². The Labute approximate surface area is 121 Å². The van der Waals surface area contributed by atoms with Gasteiger partial charge in [0.15, 0.2) is 11.6 Å². The zero-order chi connectivity index (χ0) is 15.1. The molecule has 0 bridgehead atoms. The molecule has 0 amide bonds. The van der Waals surface area contributed by atoms with E-state index in [4.69, 9.17) is 9.47 Å². The summed E-state index contributed by atoms with van der Waals surface area (Å²) in [6, 6.07) is 9.80. The highest BCUT2D eigenvalue weighted by atomic mass is 16.7. The molecule has 0 fully saturated rings. The lowest BCUT2D eigenvalue weighted by Gasteiger charge is -2.37. The molecule has 1 rings (SSSR count). The van der Waals surface area contributed by atoms with Crippen LogP contribution in [0.3, 0.4) is 0 Å². The predicted octanol–water partition coefficient (Wildman–Crippen LogP) is 2.48. The summed E-state index contributed by atoms with van der Waals surface area (Å²) in [5, 5.41) is 20.0. The van der Waals surface area contributed by atoms with Crippen LogP contribution in [-0.2, 0) is 15.9 Å². The van der Waals surface area contributed by atoms with Crippen molar-refractivity contribution in [3.63, 3.8) is 0 Å². The number of hydrogen-bond acceptors (Lipinski definition) is 4. The highest BCUT2D eigenvalue weighted by molar-refractivity contribution is 5.16. The van der Waals surface area contributed by atoms with E-state index in [1.807, 2.05) is 44.2 Å². The lowest BCUT2D eigenvalue weighted by molar-refractivity contribution is -0.291. The monoisotopic (exact) mass is 282 g/mol. The quantitative estimate of drug-likeness (QED) is 0.683. The molecule has 0 saturated heterocycles. The molecule has 0 atom stereocenters. The fourth-order valence-corrected chi connectivity index (χ4v) is 2.30. The molecule has 1 aromatic carbocycles. The molecule has 2 N–H and O–H groups in total. The summed E-state index contributed by atoms with van der Waals surface area (Å²) in [5.41, 5.74) is 1.04. The molecular weight excluding hydrogens is 256 g/mol. The van der Waals surface area contributed by atoms with Crippen molar-refractivity contribution in [3.8, 4) is 0 Å². The Morgan fingerprint density at radius 1 is 0.950 bits per heavy atom. The first kappa shape index (κ1) is 17.1. The summed E-state index contributed by atoms with van der Waals surface area (Å²) in [7, 11) is 0. The Morgan fingerprint density at radius 3 is 1.95 bits per heavy atom. The summed E-state index contributed by atoms with van der Waals surface area (Å²) < 4.78 is 11.5. The van der Waals surface area contributed by atoms with E-state index < -0.39 is 11.6 Å². The second kappa shape index (κ2) is 7.74. The second-order valence-electron chi connectivity index (χ2n) is 4.95. The Bertz CT molecular complexity index is 369. The van der Waals surface area contributed by atoms with E-state index in [9.17, 15) is 10.2 Å². The van der Waals surface area contributed by atoms with Gasteiger partial charge in [0.1, 0.15) is 0 Å². The molecule has 20 heavy (non-hydrogen) atoms. The average Bonchev–Trinajstić information content (AvgIpc) is 2.40. The SMILES string of the molecule is CCOC(Cc1ccccc1)(CC(O)(O)CC)OCC. The zero-order valence-corrected chi connectivity index (χ0v) is 12.6. The van der Waals surface area contributed by atoms with Crippen LogP contribution in [0.25, 0.3) is 0 Å². The van der Waals surface area contributed by atoms with E-state index in [2.05, 4.69) is 0 Å². The molecule has 0 spiro atoms. The van der Waals surface area contributed by atoms with Gasteiger partial charge in [-0.2, -0.15) is 0 Å². The van der Waals surface area contributed by atoms with E-state index in [1.165, 1.54) is 0 Å². The Morgan fingerprint density at radius 2 is 1.50 bits per heavy atom. The molecule has 0 aliphatic rings. The molecule has 0 radical (unpaired) electrons. The van der Waals surface area contributed by atoms with Crippen LogP contribution in [0.15, 0.2) is 30.3 Å². The first-order valence-electron chi connectivity index (χ1n) is 7.23. The highest BCUT2D eigenvalue weighted by Gasteiger charge is 2.40. The van der Waals surface area contributed by atoms with Crippen LogP contribution in [0, 0.1) is 0 Å². The van der Waals surface area contributed by atoms with Gasteiger partial charge in [0.25, 0.3) is 0 Å². The molecule has 4 heteroatoms. The molecule has 0 aromatic heterocycles. The third-order valence-electron chi connectivity index (χ3n) is 3.25. The van der Waals surface area contributed by atoms with Crippen LogP contribution < -0.4 is 0 Å². The molecule has 4 nitrogen and oxygen atoms in total. The third kappa shape index (κ3) is 5.21. The van der Waals surface area contributed by atoms with Gasteiger partial charge in [-0.25, -0.2) is 0 Å². The lowest BCUT2D eigenvalue weighted by atomic mass is 9.96. The molecule has 0 heterocycles. The maximum atomic E-state index is 9.99. The van der Waals surface area contributed by atoms with Gasteiger partial charge in [-0.1, -0.05) is 37.3 Å². The number of rotatable bonds is 9. The Hall–Kier alpha value is -0.940. The van der Waals surface area contributed by atoms with Gasteiger partial charge >= 0.3 is 0 Å². The third-order valence-corrected chi connectivity index (χ3v) is 3.25. The van der Waals surface area contributed by atoms with Crippen LogP contribution in [0.5, 0.6) is 0 Å². The molecule has 0 aliphatic heterocycles. The summed E-state index contributed by atoms with van der Waals surface area (Å²) in [6.45, 7) is 6.38. The van der Waals surface area contributed by atoms with Crippen LogP contribution in [0.4, 0.5) is 0 Å². The first-order valence-corrected chi connectivity index (χ1v) is 7.23. The van der Waals surface area contributed by atoms with Gasteiger partial charge < -0.3 is 19.7 Å². The van der Waals surface area contributed by atoms with Crippen molar-refractivity contribution in [1.29, 1.82) is 0 Å². The average molecular weight is 282 g/mol. The standard InChI is InChI=1S/C16H26O4/c1-4-15(17,18)13-16(19-5-2,20-6-3)12-14-10-8-7-9-11-14/h7-11,17-18H,4-6,12-13H2,1-3H3. The molecule has 0 aliphatic carbocycles. The maximum absolute atomic E-state index is 9.99. The minimum absolute atomic E-state index is 0.0209. The van der Waals surface area contributed by atoms with Crippen LogP contribution >= 0.6 is 0 Å². The van der Waals surface area contributed by atoms with Crippen molar-refractivity contribution < 1.29 is 19.7 Å². The van der Waals surface area contributed by atoms with Gasteiger partial charge in [-0.15, -0.1) is 0 Å². The summed E-state index contributed by atoms with van der Waals surface area (Å²) >= 11 is 0. The van der Waals surface area contributed by atoms with Gasteiger partial charge in [0, 0.05) is 19.6 Å². The fraction of sp³-hybridized carbons (Fsp3) is 0.625. The van der Waals surface area contributed by atoms with Crippen molar-refractivity contribution in [1.82, 2.24) is 0 Å². The molecule has 0 unspecified atom stereocenters. The normalized spacial score (nSPS) is 12.7. The minimum atomic E-state index is -1.79. The van der Waals surface area contributed by atoms with Crippen LogP contribution in [0.1, 0.15) is 39.2 Å². The highest BCUT2D eigenvalue weighted by Crippen LogP contribution is 2.30.